The normalized spacial score (nSPS) is 29.5. The third-order valence-electron chi connectivity index (χ3n) is 4.47. The number of carbonyl (C=O) groups is 1. The van der Waals surface area contributed by atoms with E-state index in [2.05, 4.69) is 4.90 Å². The zero-order valence-corrected chi connectivity index (χ0v) is 10.7. The van der Waals surface area contributed by atoms with E-state index in [0.29, 0.717) is 23.1 Å². The molecular formula is C14H19N3O2. The highest BCUT2D eigenvalue weighted by Gasteiger charge is 2.42. The molecule has 102 valence electrons. The van der Waals surface area contributed by atoms with Crippen molar-refractivity contribution in [2.75, 3.05) is 23.7 Å². The van der Waals surface area contributed by atoms with Crippen LogP contribution in [0.15, 0.2) is 18.2 Å². The van der Waals surface area contributed by atoms with Crippen molar-refractivity contribution in [3.8, 4) is 0 Å². The van der Waals surface area contributed by atoms with E-state index in [1.54, 1.807) is 18.2 Å². The largest absolute Gasteiger partial charge is 0.397 e. The lowest BCUT2D eigenvalue weighted by Gasteiger charge is -2.22. The molecule has 1 amide bonds. The topological polar surface area (TPSA) is 92.6 Å². The maximum Gasteiger partial charge on any atom is 0.248 e. The summed E-state index contributed by atoms with van der Waals surface area (Å²) < 4.78 is 0. The molecule has 3 rings (SSSR count). The van der Waals surface area contributed by atoms with E-state index in [-0.39, 0.29) is 6.10 Å². The SMILES string of the molecule is NC(=O)c1ccc(N)c(N2CC3CCC(O)C3C2)c1. The number of amides is 1. The fourth-order valence-electron chi connectivity index (χ4n) is 3.40. The molecule has 1 saturated heterocycles. The minimum Gasteiger partial charge on any atom is -0.397 e. The molecule has 1 aliphatic carbocycles. The number of rotatable bonds is 2. The molecule has 1 aromatic carbocycles. The van der Waals surface area contributed by atoms with E-state index in [1.165, 1.54) is 0 Å². The molecule has 0 aromatic heterocycles. The van der Waals surface area contributed by atoms with Gasteiger partial charge in [-0.15, -0.1) is 0 Å². The summed E-state index contributed by atoms with van der Waals surface area (Å²) in [5.41, 5.74) is 13.3. The van der Waals surface area contributed by atoms with Gasteiger partial charge in [-0.1, -0.05) is 0 Å². The first-order valence-corrected chi connectivity index (χ1v) is 6.68. The Morgan fingerprint density at radius 2 is 2.11 bits per heavy atom. The van der Waals surface area contributed by atoms with Crippen LogP contribution in [0.4, 0.5) is 11.4 Å². The van der Waals surface area contributed by atoms with Crippen LogP contribution >= 0.6 is 0 Å². The second kappa shape index (κ2) is 4.42. The molecule has 1 saturated carbocycles. The Morgan fingerprint density at radius 3 is 2.79 bits per heavy atom. The van der Waals surface area contributed by atoms with Gasteiger partial charge in [0.15, 0.2) is 0 Å². The maximum absolute atomic E-state index is 11.3. The summed E-state index contributed by atoms with van der Waals surface area (Å²) in [6.07, 6.45) is 1.77. The third-order valence-corrected chi connectivity index (χ3v) is 4.47. The molecule has 0 bridgehead atoms. The van der Waals surface area contributed by atoms with Crippen molar-refractivity contribution in [1.29, 1.82) is 0 Å². The summed E-state index contributed by atoms with van der Waals surface area (Å²) in [5.74, 6) is 0.420. The number of aliphatic hydroxyl groups is 1. The average molecular weight is 261 g/mol. The Balaban J connectivity index is 1.87. The number of nitrogen functional groups attached to an aromatic ring is 1. The summed E-state index contributed by atoms with van der Waals surface area (Å²) in [6, 6.07) is 5.12. The number of anilines is 2. The molecule has 5 heteroatoms. The number of benzene rings is 1. The number of hydrogen-bond acceptors (Lipinski definition) is 4. The molecule has 2 fully saturated rings. The minimum atomic E-state index is -0.444. The Labute approximate surface area is 112 Å². The van der Waals surface area contributed by atoms with Crippen molar-refractivity contribution in [2.24, 2.45) is 17.6 Å². The summed E-state index contributed by atoms with van der Waals surface area (Å²) in [5, 5.41) is 9.94. The second-order valence-corrected chi connectivity index (χ2v) is 5.61. The van der Waals surface area contributed by atoms with Gasteiger partial charge in [0.2, 0.25) is 5.91 Å². The summed E-state index contributed by atoms with van der Waals surface area (Å²) in [4.78, 5) is 13.4. The Bertz CT molecular complexity index is 517. The lowest BCUT2D eigenvalue weighted by Crippen LogP contribution is -2.25. The van der Waals surface area contributed by atoms with E-state index in [1.807, 2.05) is 0 Å². The number of fused-ring (bicyclic) bond motifs is 1. The van der Waals surface area contributed by atoms with Gasteiger partial charge in [-0.3, -0.25) is 4.79 Å². The van der Waals surface area contributed by atoms with Crippen LogP contribution in [0.3, 0.4) is 0 Å². The zero-order chi connectivity index (χ0) is 13.6. The zero-order valence-electron chi connectivity index (χ0n) is 10.7. The lowest BCUT2D eigenvalue weighted by molar-refractivity contribution is 0.1000. The van der Waals surface area contributed by atoms with Crippen LogP contribution in [0.25, 0.3) is 0 Å². The van der Waals surface area contributed by atoms with Gasteiger partial charge in [0.05, 0.1) is 17.5 Å². The van der Waals surface area contributed by atoms with Crippen molar-refractivity contribution in [1.82, 2.24) is 0 Å². The van der Waals surface area contributed by atoms with Gasteiger partial charge >= 0.3 is 0 Å². The van der Waals surface area contributed by atoms with Gasteiger partial charge in [-0.2, -0.15) is 0 Å². The van der Waals surface area contributed by atoms with Crippen LogP contribution in [0.1, 0.15) is 23.2 Å². The predicted molar refractivity (Wildman–Crippen MR) is 73.8 cm³/mol. The Morgan fingerprint density at radius 1 is 1.32 bits per heavy atom. The van der Waals surface area contributed by atoms with E-state index < -0.39 is 5.91 Å². The maximum atomic E-state index is 11.3. The van der Waals surface area contributed by atoms with Crippen LogP contribution in [0, 0.1) is 11.8 Å². The first kappa shape index (κ1) is 12.3. The minimum absolute atomic E-state index is 0.199. The predicted octanol–water partition coefficient (Wildman–Crippen LogP) is 0.575. The van der Waals surface area contributed by atoms with Crippen LogP contribution in [-0.4, -0.2) is 30.2 Å². The highest BCUT2D eigenvalue weighted by atomic mass is 16.3. The molecule has 3 unspecified atom stereocenters. The fraction of sp³-hybridized carbons (Fsp3) is 0.500. The van der Waals surface area contributed by atoms with Crippen molar-refractivity contribution in [3.63, 3.8) is 0 Å². The van der Waals surface area contributed by atoms with E-state index >= 15 is 0 Å². The van der Waals surface area contributed by atoms with Crippen molar-refractivity contribution in [3.05, 3.63) is 23.8 Å². The molecule has 5 nitrogen and oxygen atoms in total. The molecule has 0 spiro atoms. The van der Waals surface area contributed by atoms with Gasteiger partial charge in [-0.25, -0.2) is 0 Å². The van der Waals surface area contributed by atoms with Gasteiger partial charge in [0.25, 0.3) is 0 Å². The monoisotopic (exact) mass is 261 g/mol. The van der Waals surface area contributed by atoms with Gasteiger partial charge in [0, 0.05) is 24.6 Å². The number of hydrogen-bond donors (Lipinski definition) is 3. The molecule has 1 aliphatic heterocycles. The van der Waals surface area contributed by atoms with Crippen molar-refractivity contribution >= 4 is 17.3 Å². The van der Waals surface area contributed by atoms with Crippen LogP contribution in [-0.2, 0) is 0 Å². The molecule has 5 N–H and O–H groups in total. The fourth-order valence-corrected chi connectivity index (χ4v) is 3.40. The van der Waals surface area contributed by atoms with Crippen LogP contribution < -0.4 is 16.4 Å². The van der Waals surface area contributed by atoms with E-state index in [0.717, 1.165) is 31.6 Å². The highest BCUT2D eigenvalue weighted by molar-refractivity contribution is 5.95. The third kappa shape index (κ3) is 2.04. The quantitative estimate of drug-likeness (QED) is 0.679. The number of nitrogens with two attached hydrogens (primary N) is 2. The second-order valence-electron chi connectivity index (χ2n) is 5.61. The summed E-state index contributed by atoms with van der Waals surface area (Å²) in [7, 11) is 0. The Kier molecular flexibility index (Phi) is 2.86. The number of carbonyl (C=O) groups excluding carboxylic acids is 1. The average Bonchev–Trinajstić information content (AvgIpc) is 2.92. The molecular weight excluding hydrogens is 242 g/mol. The lowest BCUT2D eigenvalue weighted by atomic mass is 10.00. The summed E-state index contributed by atoms with van der Waals surface area (Å²) in [6.45, 7) is 1.70. The van der Waals surface area contributed by atoms with Crippen molar-refractivity contribution < 1.29 is 9.90 Å². The first-order chi connectivity index (χ1) is 9.06. The smallest absolute Gasteiger partial charge is 0.248 e. The molecule has 3 atom stereocenters. The number of aliphatic hydroxyl groups excluding tert-OH is 1. The Hall–Kier alpha value is -1.75. The van der Waals surface area contributed by atoms with Crippen molar-refractivity contribution in [2.45, 2.75) is 18.9 Å². The van der Waals surface area contributed by atoms with E-state index in [9.17, 15) is 9.90 Å². The number of nitrogens with zero attached hydrogens (tertiary/aromatic N) is 1. The first-order valence-electron chi connectivity index (χ1n) is 6.68. The van der Waals surface area contributed by atoms with E-state index in [4.69, 9.17) is 11.5 Å². The van der Waals surface area contributed by atoms with Gasteiger partial charge < -0.3 is 21.5 Å². The molecule has 2 aliphatic rings. The molecule has 1 aromatic rings. The standard InChI is InChI=1S/C14H19N3O2/c15-11-3-1-8(14(16)19)5-12(11)17-6-9-2-4-13(18)10(9)7-17/h1,3,5,9-10,13,18H,2,4,6-7,15H2,(H2,16,19). The van der Waals surface area contributed by atoms with Gasteiger partial charge in [-0.05, 0) is 37.0 Å². The molecule has 19 heavy (non-hydrogen) atoms. The number of primary amides is 1. The highest BCUT2D eigenvalue weighted by Crippen LogP contribution is 2.41. The van der Waals surface area contributed by atoms with Gasteiger partial charge in [0.1, 0.15) is 0 Å². The molecule has 1 heterocycles. The summed E-state index contributed by atoms with van der Waals surface area (Å²) >= 11 is 0. The van der Waals surface area contributed by atoms with Crippen LogP contribution in [0.5, 0.6) is 0 Å². The molecule has 0 radical (unpaired) electrons. The van der Waals surface area contributed by atoms with Crippen LogP contribution in [0.2, 0.25) is 0 Å².